The van der Waals surface area contributed by atoms with Crippen LogP contribution in [0.4, 0.5) is 11.4 Å². The predicted molar refractivity (Wildman–Crippen MR) is 76.8 cm³/mol. The van der Waals surface area contributed by atoms with E-state index in [0.29, 0.717) is 21.3 Å². The lowest BCUT2D eigenvalue weighted by Crippen LogP contribution is -1.86. The Bertz CT molecular complexity index is 657. The Labute approximate surface area is 119 Å². The van der Waals surface area contributed by atoms with Crippen LogP contribution in [0.5, 0.6) is 0 Å². The van der Waals surface area contributed by atoms with E-state index >= 15 is 0 Å². The fourth-order valence-corrected chi connectivity index (χ4v) is 1.89. The zero-order valence-corrected chi connectivity index (χ0v) is 11.1. The van der Waals surface area contributed by atoms with Crippen molar-refractivity contribution in [2.45, 2.75) is 0 Å². The van der Waals surface area contributed by atoms with E-state index in [1.54, 1.807) is 30.3 Å². The van der Waals surface area contributed by atoms with Gasteiger partial charge >= 0.3 is 0 Å². The number of hydrogen-bond acceptors (Lipinski definition) is 3. The maximum Gasteiger partial charge on any atom is 0.271 e. The summed E-state index contributed by atoms with van der Waals surface area (Å²) in [5, 5.41) is 11.7. The minimum absolute atomic E-state index is 0.00291. The van der Waals surface area contributed by atoms with Gasteiger partial charge in [-0.05, 0) is 18.2 Å². The van der Waals surface area contributed by atoms with E-state index in [-0.39, 0.29) is 5.69 Å². The van der Waals surface area contributed by atoms with Gasteiger partial charge in [0.15, 0.2) is 0 Å². The van der Waals surface area contributed by atoms with Gasteiger partial charge in [0.1, 0.15) is 0 Å². The SMILES string of the molecule is O=[N+]([O-])c1cccc(N=Cc2ccc(Cl)cc2Cl)c1. The van der Waals surface area contributed by atoms with Gasteiger partial charge in [0, 0.05) is 28.9 Å². The standard InChI is InChI=1S/C13H8Cl2N2O2/c14-10-5-4-9(13(15)6-10)8-16-11-2-1-3-12(7-11)17(18)19/h1-8H. The number of halogens is 2. The van der Waals surface area contributed by atoms with E-state index in [2.05, 4.69) is 4.99 Å². The maximum atomic E-state index is 10.6. The number of hydrogen-bond donors (Lipinski definition) is 0. The number of aliphatic imine (C=N–C) groups is 1. The van der Waals surface area contributed by atoms with E-state index in [4.69, 9.17) is 23.2 Å². The fourth-order valence-electron chi connectivity index (χ4n) is 1.44. The van der Waals surface area contributed by atoms with Crippen LogP contribution < -0.4 is 0 Å². The molecule has 2 aromatic carbocycles. The van der Waals surface area contributed by atoms with Crippen LogP contribution in [0, 0.1) is 10.1 Å². The number of nitro benzene ring substituents is 1. The second kappa shape index (κ2) is 5.82. The number of nitrogens with zero attached hydrogens (tertiary/aromatic N) is 2. The molecule has 0 saturated heterocycles. The molecule has 0 unspecified atom stereocenters. The van der Waals surface area contributed by atoms with Crippen molar-refractivity contribution in [3.05, 3.63) is 68.2 Å². The van der Waals surface area contributed by atoms with Gasteiger partial charge < -0.3 is 0 Å². The summed E-state index contributed by atoms with van der Waals surface area (Å²) in [6.45, 7) is 0. The van der Waals surface area contributed by atoms with Crippen molar-refractivity contribution >= 4 is 40.8 Å². The fraction of sp³-hybridized carbons (Fsp3) is 0. The molecule has 2 aromatic rings. The summed E-state index contributed by atoms with van der Waals surface area (Å²) in [6.07, 6.45) is 1.54. The molecule has 0 aliphatic carbocycles. The van der Waals surface area contributed by atoms with Crippen molar-refractivity contribution in [1.82, 2.24) is 0 Å². The highest BCUT2D eigenvalue weighted by Gasteiger charge is 2.04. The Hall–Kier alpha value is -1.91. The van der Waals surface area contributed by atoms with Crippen LogP contribution in [0.2, 0.25) is 10.0 Å². The van der Waals surface area contributed by atoms with Crippen LogP contribution >= 0.6 is 23.2 Å². The first-order valence-corrected chi connectivity index (χ1v) is 6.05. The molecule has 0 amide bonds. The van der Waals surface area contributed by atoms with Crippen LogP contribution in [0.25, 0.3) is 0 Å². The number of benzene rings is 2. The van der Waals surface area contributed by atoms with Crippen molar-refractivity contribution in [3.63, 3.8) is 0 Å². The number of rotatable bonds is 3. The topological polar surface area (TPSA) is 55.5 Å². The molecule has 0 radical (unpaired) electrons. The summed E-state index contributed by atoms with van der Waals surface area (Å²) in [4.78, 5) is 14.3. The summed E-state index contributed by atoms with van der Waals surface area (Å²) < 4.78 is 0. The van der Waals surface area contributed by atoms with Gasteiger partial charge in [-0.2, -0.15) is 0 Å². The average molecular weight is 295 g/mol. The second-order valence-corrected chi connectivity index (χ2v) is 4.54. The quantitative estimate of drug-likeness (QED) is 0.470. The normalized spacial score (nSPS) is 10.8. The molecule has 0 aliphatic rings. The summed E-state index contributed by atoms with van der Waals surface area (Å²) in [7, 11) is 0. The molecule has 0 aliphatic heterocycles. The predicted octanol–water partition coefficient (Wildman–Crippen LogP) is 4.65. The van der Waals surface area contributed by atoms with Gasteiger partial charge in [0.05, 0.1) is 15.6 Å². The monoisotopic (exact) mass is 294 g/mol. The minimum atomic E-state index is -0.464. The molecule has 6 heteroatoms. The Kier molecular flexibility index (Phi) is 4.14. The molecule has 0 heterocycles. The average Bonchev–Trinajstić information content (AvgIpc) is 2.38. The molecule has 0 N–H and O–H groups in total. The van der Waals surface area contributed by atoms with Gasteiger partial charge in [0.2, 0.25) is 0 Å². The van der Waals surface area contributed by atoms with Gasteiger partial charge in [-0.15, -0.1) is 0 Å². The molecule has 19 heavy (non-hydrogen) atoms. The third-order valence-corrected chi connectivity index (χ3v) is 2.92. The lowest BCUT2D eigenvalue weighted by Gasteiger charge is -1.98. The van der Waals surface area contributed by atoms with Crippen LogP contribution in [-0.2, 0) is 0 Å². The molecule has 4 nitrogen and oxygen atoms in total. The first-order valence-electron chi connectivity index (χ1n) is 5.30. The second-order valence-electron chi connectivity index (χ2n) is 3.70. The van der Waals surface area contributed by atoms with E-state index in [1.165, 1.54) is 18.3 Å². The zero-order valence-electron chi connectivity index (χ0n) is 9.59. The van der Waals surface area contributed by atoms with Gasteiger partial charge in [-0.1, -0.05) is 35.3 Å². The Balaban J connectivity index is 2.27. The molecular weight excluding hydrogens is 287 g/mol. The van der Waals surface area contributed by atoms with E-state index in [1.807, 2.05) is 0 Å². The summed E-state index contributed by atoms with van der Waals surface area (Å²) in [5.41, 5.74) is 1.18. The lowest BCUT2D eigenvalue weighted by atomic mass is 10.2. The third-order valence-electron chi connectivity index (χ3n) is 2.36. The van der Waals surface area contributed by atoms with Gasteiger partial charge in [-0.3, -0.25) is 15.1 Å². The van der Waals surface area contributed by atoms with Crippen molar-refractivity contribution in [1.29, 1.82) is 0 Å². The molecule has 0 atom stereocenters. The Morgan fingerprint density at radius 1 is 1.16 bits per heavy atom. The van der Waals surface area contributed by atoms with Gasteiger partial charge in [0.25, 0.3) is 5.69 Å². The maximum absolute atomic E-state index is 10.6. The molecule has 0 fully saturated rings. The van der Waals surface area contributed by atoms with E-state index in [9.17, 15) is 10.1 Å². The summed E-state index contributed by atoms with van der Waals surface area (Å²) in [6, 6.07) is 11.1. The van der Waals surface area contributed by atoms with Gasteiger partial charge in [-0.25, -0.2) is 0 Å². The Morgan fingerprint density at radius 2 is 1.95 bits per heavy atom. The van der Waals surface area contributed by atoms with Crippen molar-refractivity contribution in [3.8, 4) is 0 Å². The van der Waals surface area contributed by atoms with Crippen LogP contribution in [0.15, 0.2) is 47.5 Å². The van der Waals surface area contributed by atoms with Crippen LogP contribution in [0.1, 0.15) is 5.56 Å². The third kappa shape index (κ3) is 3.53. The highest BCUT2D eigenvalue weighted by atomic mass is 35.5. The highest BCUT2D eigenvalue weighted by molar-refractivity contribution is 6.36. The van der Waals surface area contributed by atoms with Crippen molar-refractivity contribution < 1.29 is 4.92 Å². The summed E-state index contributed by atoms with van der Waals surface area (Å²) in [5.74, 6) is 0. The van der Waals surface area contributed by atoms with E-state index in [0.717, 1.165) is 0 Å². The molecule has 0 aromatic heterocycles. The largest absolute Gasteiger partial charge is 0.271 e. The molecule has 0 bridgehead atoms. The summed E-state index contributed by atoms with van der Waals surface area (Å²) >= 11 is 11.8. The lowest BCUT2D eigenvalue weighted by molar-refractivity contribution is -0.384. The zero-order chi connectivity index (χ0) is 13.8. The van der Waals surface area contributed by atoms with E-state index < -0.39 is 4.92 Å². The van der Waals surface area contributed by atoms with Crippen molar-refractivity contribution in [2.75, 3.05) is 0 Å². The Morgan fingerprint density at radius 3 is 2.63 bits per heavy atom. The molecule has 2 rings (SSSR count). The molecular formula is C13H8Cl2N2O2. The highest BCUT2D eigenvalue weighted by Crippen LogP contribution is 2.22. The van der Waals surface area contributed by atoms with Crippen LogP contribution in [-0.4, -0.2) is 11.1 Å². The smallest absolute Gasteiger partial charge is 0.258 e. The molecule has 96 valence electrons. The molecule has 0 saturated carbocycles. The number of nitro groups is 1. The number of non-ortho nitro benzene ring substituents is 1. The molecule has 0 spiro atoms. The van der Waals surface area contributed by atoms with Crippen molar-refractivity contribution in [2.24, 2.45) is 4.99 Å². The minimum Gasteiger partial charge on any atom is -0.258 e. The first kappa shape index (κ1) is 13.5. The van der Waals surface area contributed by atoms with Crippen LogP contribution in [0.3, 0.4) is 0 Å². The first-order chi connectivity index (χ1) is 9.06.